The summed E-state index contributed by atoms with van der Waals surface area (Å²) in [6, 6.07) is 4.69. The van der Waals surface area contributed by atoms with E-state index in [1.165, 1.54) is 29.5 Å². The van der Waals surface area contributed by atoms with Crippen LogP contribution in [0.3, 0.4) is 0 Å². The lowest BCUT2D eigenvalue weighted by atomic mass is 9.68. The molecule has 1 aromatic rings. The maximum absolute atomic E-state index is 5.78. The van der Waals surface area contributed by atoms with Crippen LogP contribution in [0.15, 0.2) is 12.1 Å². The molecule has 82 valence electrons. The molecule has 15 heavy (non-hydrogen) atoms. The van der Waals surface area contributed by atoms with Gasteiger partial charge in [0.25, 0.3) is 0 Å². The fourth-order valence-corrected chi connectivity index (χ4v) is 2.64. The first-order chi connectivity index (χ1) is 7.13. The number of benzene rings is 1. The van der Waals surface area contributed by atoms with Gasteiger partial charge < -0.3 is 5.73 Å². The lowest BCUT2D eigenvalue weighted by Gasteiger charge is -2.37. The Morgan fingerprint density at radius 3 is 2.27 bits per heavy atom. The molecule has 1 nitrogen and oxygen atoms in total. The number of aryl methyl sites for hydroxylation is 3. The highest BCUT2D eigenvalue weighted by molar-refractivity contribution is 5.39. The van der Waals surface area contributed by atoms with Crippen molar-refractivity contribution in [2.75, 3.05) is 6.54 Å². The zero-order valence-corrected chi connectivity index (χ0v) is 10.0. The maximum Gasteiger partial charge on any atom is -0.00430 e. The number of hydrogen-bond donors (Lipinski definition) is 1. The van der Waals surface area contributed by atoms with E-state index in [4.69, 9.17) is 5.73 Å². The summed E-state index contributed by atoms with van der Waals surface area (Å²) in [4.78, 5) is 0. The molecule has 1 aromatic carbocycles. The van der Waals surface area contributed by atoms with E-state index in [0.717, 1.165) is 18.4 Å². The van der Waals surface area contributed by atoms with Crippen molar-refractivity contribution in [1.82, 2.24) is 0 Å². The third-order valence-electron chi connectivity index (χ3n) is 4.00. The molecule has 1 saturated carbocycles. The molecule has 1 fully saturated rings. The lowest BCUT2D eigenvalue weighted by Crippen LogP contribution is -2.31. The van der Waals surface area contributed by atoms with Crippen LogP contribution in [0.1, 0.15) is 41.0 Å². The van der Waals surface area contributed by atoms with Gasteiger partial charge in [0.05, 0.1) is 0 Å². The highest BCUT2D eigenvalue weighted by atomic mass is 14.6. The average Bonchev–Trinajstić information content (AvgIpc) is 2.13. The molecule has 0 spiro atoms. The third kappa shape index (κ3) is 1.81. The first-order valence-corrected chi connectivity index (χ1v) is 5.91. The smallest absolute Gasteiger partial charge is 0.00430 e. The minimum Gasteiger partial charge on any atom is -0.330 e. The van der Waals surface area contributed by atoms with E-state index in [0.29, 0.717) is 0 Å². The van der Waals surface area contributed by atoms with E-state index in [1.54, 1.807) is 5.56 Å². The van der Waals surface area contributed by atoms with Crippen molar-refractivity contribution in [3.8, 4) is 0 Å². The molecule has 0 amide bonds. The highest BCUT2D eigenvalue weighted by Gasteiger charge is 2.31. The van der Waals surface area contributed by atoms with Crippen LogP contribution in [0.2, 0.25) is 0 Å². The molecule has 0 heterocycles. The van der Waals surface area contributed by atoms with Gasteiger partial charge in [-0.3, -0.25) is 0 Å². The van der Waals surface area contributed by atoms with Crippen LogP contribution in [0, 0.1) is 26.7 Å². The van der Waals surface area contributed by atoms with E-state index < -0.39 is 0 Å². The Kier molecular flexibility index (Phi) is 2.83. The molecular formula is C14H21N. The Morgan fingerprint density at radius 2 is 1.73 bits per heavy atom. The molecule has 0 radical (unpaired) electrons. The van der Waals surface area contributed by atoms with Crippen LogP contribution in [0.4, 0.5) is 0 Å². The van der Waals surface area contributed by atoms with Crippen molar-refractivity contribution in [3.05, 3.63) is 34.4 Å². The number of hydrogen-bond acceptors (Lipinski definition) is 1. The molecule has 1 aliphatic rings. The van der Waals surface area contributed by atoms with Crippen molar-refractivity contribution >= 4 is 0 Å². The molecular weight excluding hydrogens is 182 g/mol. The molecule has 1 heteroatoms. The topological polar surface area (TPSA) is 26.0 Å². The quantitative estimate of drug-likeness (QED) is 0.785. The first kappa shape index (κ1) is 10.7. The lowest BCUT2D eigenvalue weighted by molar-refractivity contribution is 0.262. The third-order valence-corrected chi connectivity index (χ3v) is 4.00. The summed E-state index contributed by atoms with van der Waals surface area (Å²) in [5.41, 5.74) is 11.6. The molecule has 2 N–H and O–H groups in total. The summed E-state index contributed by atoms with van der Waals surface area (Å²) >= 11 is 0. The monoisotopic (exact) mass is 203 g/mol. The van der Waals surface area contributed by atoms with Gasteiger partial charge in [-0.15, -0.1) is 0 Å². The Hall–Kier alpha value is -0.820. The molecule has 1 aliphatic carbocycles. The molecule has 2 unspecified atom stereocenters. The van der Waals surface area contributed by atoms with Crippen molar-refractivity contribution in [1.29, 1.82) is 0 Å². The fraction of sp³-hybridized carbons (Fsp3) is 0.571. The zero-order chi connectivity index (χ0) is 11.0. The maximum atomic E-state index is 5.78. The molecule has 0 saturated heterocycles. The second kappa shape index (κ2) is 3.97. The van der Waals surface area contributed by atoms with Gasteiger partial charge in [0.1, 0.15) is 0 Å². The minimum absolute atomic E-state index is 0.728. The van der Waals surface area contributed by atoms with Crippen LogP contribution < -0.4 is 5.73 Å². The van der Waals surface area contributed by atoms with Gasteiger partial charge in [-0.1, -0.05) is 12.1 Å². The predicted octanol–water partition coefficient (Wildman–Crippen LogP) is 3.06. The van der Waals surface area contributed by atoms with Gasteiger partial charge in [-0.2, -0.15) is 0 Å². The van der Waals surface area contributed by atoms with Gasteiger partial charge in [0, 0.05) is 0 Å². The Labute approximate surface area is 92.7 Å². The van der Waals surface area contributed by atoms with Crippen LogP contribution >= 0.6 is 0 Å². The van der Waals surface area contributed by atoms with Gasteiger partial charge in [0.2, 0.25) is 0 Å². The van der Waals surface area contributed by atoms with Crippen LogP contribution in [0.25, 0.3) is 0 Å². The largest absolute Gasteiger partial charge is 0.330 e. The van der Waals surface area contributed by atoms with E-state index in [2.05, 4.69) is 32.9 Å². The van der Waals surface area contributed by atoms with E-state index in [1.807, 2.05) is 0 Å². The van der Waals surface area contributed by atoms with Crippen LogP contribution in [-0.2, 0) is 0 Å². The number of nitrogens with two attached hydrogens (primary N) is 1. The van der Waals surface area contributed by atoms with Gasteiger partial charge in [0.15, 0.2) is 0 Å². The summed E-state index contributed by atoms with van der Waals surface area (Å²) < 4.78 is 0. The van der Waals surface area contributed by atoms with Crippen molar-refractivity contribution in [2.24, 2.45) is 11.7 Å². The summed E-state index contributed by atoms with van der Waals surface area (Å²) in [6.07, 6.45) is 2.64. The second-order valence-corrected chi connectivity index (χ2v) is 4.97. The van der Waals surface area contributed by atoms with Crippen LogP contribution in [0.5, 0.6) is 0 Å². The Bertz CT molecular complexity index is 366. The van der Waals surface area contributed by atoms with Crippen molar-refractivity contribution < 1.29 is 0 Å². The SMILES string of the molecule is Cc1cc(C)c(C2CCC2CN)cc1C. The van der Waals surface area contributed by atoms with Gasteiger partial charge in [-0.05, 0) is 74.2 Å². The zero-order valence-electron chi connectivity index (χ0n) is 10.0. The van der Waals surface area contributed by atoms with Gasteiger partial charge in [-0.25, -0.2) is 0 Å². The molecule has 0 aliphatic heterocycles. The standard InChI is InChI=1S/C14H21N/c1-9-6-11(3)14(7-10(9)2)13-5-4-12(13)8-15/h6-7,12-13H,4-5,8,15H2,1-3H3. The van der Waals surface area contributed by atoms with E-state index in [9.17, 15) is 0 Å². The predicted molar refractivity (Wildman–Crippen MR) is 65.2 cm³/mol. The summed E-state index contributed by atoms with van der Waals surface area (Å²) in [7, 11) is 0. The summed E-state index contributed by atoms with van der Waals surface area (Å²) in [5.74, 6) is 1.46. The van der Waals surface area contributed by atoms with E-state index in [-0.39, 0.29) is 0 Å². The van der Waals surface area contributed by atoms with Crippen LogP contribution in [-0.4, -0.2) is 6.54 Å². The molecule has 2 atom stereocenters. The molecule has 0 aromatic heterocycles. The van der Waals surface area contributed by atoms with Crippen molar-refractivity contribution in [3.63, 3.8) is 0 Å². The highest BCUT2D eigenvalue weighted by Crippen LogP contribution is 2.43. The summed E-state index contributed by atoms with van der Waals surface area (Å²) in [5, 5.41) is 0. The molecule has 2 rings (SSSR count). The second-order valence-electron chi connectivity index (χ2n) is 4.97. The Morgan fingerprint density at radius 1 is 1.07 bits per heavy atom. The van der Waals surface area contributed by atoms with E-state index >= 15 is 0 Å². The first-order valence-electron chi connectivity index (χ1n) is 5.91. The molecule has 0 bridgehead atoms. The fourth-order valence-electron chi connectivity index (χ4n) is 2.64. The summed E-state index contributed by atoms with van der Waals surface area (Å²) in [6.45, 7) is 7.46. The minimum atomic E-state index is 0.728. The van der Waals surface area contributed by atoms with Gasteiger partial charge >= 0.3 is 0 Å². The average molecular weight is 203 g/mol. The Balaban J connectivity index is 2.32. The normalized spacial score (nSPS) is 25.1. The van der Waals surface area contributed by atoms with Crippen molar-refractivity contribution in [2.45, 2.75) is 39.5 Å². The number of rotatable bonds is 2.